The molecule has 0 aliphatic carbocycles. The Morgan fingerprint density at radius 2 is 1.65 bits per heavy atom. The minimum absolute atomic E-state index is 1.04. The first-order valence-electron chi connectivity index (χ1n) is 6.89. The van der Waals surface area contributed by atoms with Gasteiger partial charge in [-0.1, -0.05) is 29.2 Å². The van der Waals surface area contributed by atoms with E-state index in [0.29, 0.717) is 0 Å². The summed E-state index contributed by atoms with van der Waals surface area (Å²) in [6.07, 6.45) is 1.88. The van der Waals surface area contributed by atoms with Gasteiger partial charge in [-0.15, -0.1) is 0 Å². The zero-order chi connectivity index (χ0) is 14.3. The zero-order valence-electron chi connectivity index (χ0n) is 12.4. The van der Waals surface area contributed by atoms with Crippen molar-refractivity contribution >= 4 is 10.8 Å². The van der Waals surface area contributed by atoms with Crippen LogP contribution in [0.3, 0.4) is 0 Å². The molecule has 0 N–H and O–H groups in total. The standard InChI is InChI=1S/C18H19N2/c1-12-9-17(18-10-13(2)19-11-20(18)4)14(3)16-8-6-5-7-15(12)16/h5-11H,1-4H3/q+1. The Bertz CT molecular complexity index is 804. The van der Waals surface area contributed by atoms with Crippen LogP contribution >= 0.6 is 0 Å². The fraction of sp³-hybridized carbons (Fsp3) is 0.222. The second kappa shape index (κ2) is 4.71. The number of hydrogen-bond donors (Lipinski definition) is 0. The molecular formula is C18H19N2+. The molecule has 0 unspecified atom stereocenters. The topological polar surface area (TPSA) is 16.8 Å². The van der Waals surface area contributed by atoms with Crippen molar-refractivity contribution in [2.24, 2.45) is 7.05 Å². The van der Waals surface area contributed by atoms with E-state index >= 15 is 0 Å². The second-order valence-electron chi connectivity index (χ2n) is 5.44. The van der Waals surface area contributed by atoms with Crippen LogP contribution in [0.15, 0.2) is 42.7 Å². The minimum Gasteiger partial charge on any atom is -0.233 e. The lowest BCUT2D eigenvalue weighted by Gasteiger charge is -2.12. The molecule has 0 aliphatic rings. The predicted molar refractivity (Wildman–Crippen MR) is 82.6 cm³/mol. The quantitative estimate of drug-likeness (QED) is 0.612. The Hall–Kier alpha value is -2.22. The van der Waals surface area contributed by atoms with Crippen molar-refractivity contribution < 1.29 is 4.57 Å². The van der Waals surface area contributed by atoms with Gasteiger partial charge in [0.25, 0.3) is 6.33 Å². The molecule has 0 atom stereocenters. The van der Waals surface area contributed by atoms with Crippen LogP contribution in [0.5, 0.6) is 0 Å². The maximum atomic E-state index is 4.34. The van der Waals surface area contributed by atoms with Gasteiger partial charge in [0.15, 0.2) is 5.69 Å². The van der Waals surface area contributed by atoms with Gasteiger partial charge >= 0.3 is 0 Å². The highest BCUT2D eigenvalue weighted by atomic mass is 15.0. The minimum atomic E-state index is 1.04. The molecule has 2 nitrogen and oxygen atoms in total. The van der Waals surface area contributed by atoms with Crippen LogP contribution in [0.1, 0.15) is 16.8 Å². The van der Waals surface area contributed by atoms with Crippen molar-refractivity contribution in [1.29, 1.82) is 0 Å². The fourth-order valence-electron chi connectivity index (χ4n) is 2.81. The molecule has 0 fully saturated rings. The summed E-state index contributed by atoms with van der Waals surface area (Å²) in [6.45, 7) is 6.42. The molecule has 0 saturated carbocycles. The summed E-state index contributed by atoms with van der Waals surface area (Å²) in [5, 5.41) is 2.67. The van der Waals surface area contributed by atoms with Crippen molar-refractivity contribution in [1.82, 2.24) is 4.98 Å². The number of aromatic nitrogens is 2. The van der Waals surface area contributed by atoms with Crippen molar-refractivity contribution in [3.05, 3.63) is 59.5 Å². The fourth-order valence-corrected chi connectivity index (χ4v) is 2.81. The molecule has 1 aromatic heterocycles. The summed E-state index contributed by atoms with van der Waals surface area (Å²) >= 11 is 0. The van der Waals surface area contributed by atoms with Crippen LogP contribution in [-0.4, -0.2) is 4.98 Å². The Kier molecular flexibility index (Phi) is 3.01. The molecule has 0 bridgehead atoms. The number of aryl methyl sites for hydroxylation is 4. The van der Waals surface area contributed by atoms with Crippen molar-refractivity contribution in [3.8, 4) is 11.3 Å². The molecule has 3 aromatic rings. The third kappa shape index (κ3) is 1.97. The lowest BCUT2D eigenvalue weighted by atomic mass is 9.94. The summed E-state index contributed by atoms with van der Waals surface area (Å²) in [7, 11) is 2.05. The van der Waals surface area contributed by atoms with E-state index < -0.39 is 0 Å². The Morgan fingerprint density at radius 3 is 2.40 bits per heavy atom. The molecule has 1 heterocycles. The first-order chi connectivity index (χ1) is 9.58. The smallest absolute Gasteiger partial charge is 0.233 e. The first kappa shape index (κ1) is 12.8. The van der Waals surface area contributed by atoms with E-state index in [9.17, 15) is 0 Å². The third-order valence-electron chi connectivity index (χ3n) is 3.96. The van der Waals surface area contributed by atoms with Gasteiger partial charge in [-0.25, -0.2) is 4.57 Å². The Labute approximate surface area is 119 Å². The highest BCUT2D eigenvalue weighted by molar-refractivity contribution is 5.93. The van der Waals surface area contributed by atoms with Gasteiger partial charge in [-0.3, -0.25) is 0 Å². The van der Waals surface area contributed by atoms with Gasteiger partial charge in [-0.05, 0) is 41.8 Å². The summed E-state index contributed by atoms with van der Waals surface area (Å²) < 4.78 is 2.09. The van der Waals surface area contributed by atoms with Gasteiger partial charge in [-0.2, -0.15) is 0 Å². The normalized spacial score (nSPS) is 11.0. The van der Waals surface area contributed by atoms with E-state index in [4.69, 9.17) is 0 Å². The molecule has 20 heavy (non-hydrogen) atoms. The highest BCUT2D eigenvalue weighted by Crippen LogP contribution is 2.30. The van der Waals surface area contributed by atoms with E-state index in [-0.39, 0.29) is 0 Å². The largest absolute Gasteiger partial charge is 0.286 e. The SMILES string of the molecule is Cc1cc(-c2cc(C)c3ccccc3c2C)[n+](C)cn1. The number of rotatable bonds is 1. The van der Waals surface area contributed by atoms with Gasteiger partial charge < -0.3 is 0 Å². The van der Waals surface area contributed by atoms with E-state index in [1.54, 1.807) is 0 Å². The van der Waals surface area contributed by atoms with Crippen LogP contribution < -0.4 is 4.57 Å². The molecule has 2 aromatic carbocycles. The molecule has 2 heteroatoms. The zero-order valence-corrected chi connectivity index (χ0v) is 12.4. The summed E-state index contributed by atoms with van der Waals surface area (Å²) in [6, 6.07) is 13.0. The monoisotopic (exact) mass is 263 g/mol. The maximum absolute atomic E-state index is 4.34. The van der Waals surface area contributed by atoms with E-state index in [0.717, 1.165) is 5.69 Å². The summed E-state index contributed by atoms with van der Waals surface area (Å²) in [5.74, 6) is 0. The van der Waals surface area contributed by atoms with Crippen molar-refractivity contribution in [3.63, 3.8) is 0 Å². The van der Waals surface area contributed by atoms with Crippen LogP contribution in [0.25, 0.3) is 22.0 Å². The van der Waals surface area contributed by atoms with Gasteiger partial charge in [0.2, 0.25) is 0 Å². The van der Waals surface area contributed by atoms with E-state index in [2.05, 4.69) is 59.8 Å². The lowest BCUT2D eigenvalue weighted by molar-refractivity contribution is -0.663. The summed E-state index contributed by atoms with van der Waals surface area (Å²) in [4.78, 5) is 4.34. The lowest BCUT2D eigenvalue weighted by Crippen LogP contribution is -2.31. The molecule has 0 amide bonds. The molecule has 0 saturated heterocycles. The van der Waals surface area contributed by atoms with E-state index in [1.165, 1.54) is 33.2 Å². The van der Waals surface area contributed by atoms with Gasteiger partial charge in [0.05, 0.1) is 7.05 Å². The van der Waals surface area contributed by atoms with Crippen LogP contribution in [0, 0.1) is 20.8 Å². The Morgan fingerprint density at radius 1 is 0.950 bits per heavy atom. The number of nitrogens with zero attached hydrogens (tertiary/aromatic N) is 2. The van der Waals surface area contributed by atoms with Crippen LogP contribution in [0.4, 0.5) is 0 Å². The number of hydrogen-bond acceptors (Lipinski definition) is 1. The average Bonchev–Trinajstić information content (AvgIpc) is 2.46. The van der Waals surface area contributed by atoms with Gasteiger partial charge in [0.1, 0.15) is 5.69 Å². The third-order valence-corrected chi connectivity index (χ3v) is 3.96. The number of benzene rings is 2. The molecule has 3 rings (SSSR count). The van der Waals surface area contributed by atoms with E-state index in [1.807, 2.05) is 20.3 Å². The predicted octanol–water partition coefficient (Wildman–Crippen LogP) is 3.65. The van der Waals surface area contributed by atoms with Crippen LogP contribution in [0.2, 0.25) is 0 Å². The second-order valence-corrected chi connectivity index (χ2v) is 5.44. The number of fused-ring (bicyclic) bond motifs is 1. The van der Waals surface area contributed by atoms with Crippen LogP contribution in [-0.2, 0) is 7.05 Å². The molecule has 0 aliphatic heterocycles. The highest BCUT2D eigenvalue weighted by Gasteiger charge is 2.14. The molecule has 0 spiro atoms. The Balaban J connectivity index is 2.37. The molecular weight excluding hydrogens is 244 g/mol. The summed E-state index contributed by atoms with van der Waals surface area (Å²) in [5.41, 5.74) is 6.18. The maximum Gasteiger partial charge on any atom is 0.286 e. The molecule has 100 valence electrons. The first-order valence-corrected chi connectivity index (χ1v) is 6.89. The molecule has 0 radical (unpaired) electrons. The average molecular weight is 263 g/mol. The van der Waals surface area contributed by atoms with Crippen molar-refractivity contribution in [2.75, 3.05) is 0 Å². The van der Waals surface area contributed by atoms with Crippen molar-refractivity contribution in [2.45, 2.75) is 20.8 Å². The van der Waals surface area contributed by atoms with Gasteiger partial charge in [0, 0.05) is 18.6 Å².